The van der Waals surface area contributed by atoms with Crippen LogP contribution >= 0.6 is 11.3 Å². The number of aromatic nitrogens is 2. The van der Waals surface area contributed by atoms with Crippen molar-refractivity contribution in [3.8, 4) is 5.75 Å². The SMILES string of the molecule is Cc1sc2nc([C@H](C)OC(=O)COc3ccc4ccccc4c3)[nH]c(=O)c2c1C. The van der Waals surface area contributed by atoms with Gasteiger partial charge in [0.15, 0.2) is 18.5 Å². The van der Waals surface area contributed by atoms with Crippen LogP contribution in [0.5, 0.6) is 5.75 Å². The molecule has 2 heterocycles. The third-order valence-electron chi connectivity index (χ3n) is 4.83. The zero-order valence-electron chi connectivity index (χ0n) is 16.3. The van der Waals surface area contributed by atoms with Crippen molar-refractivity contribution >= 4 is 38.3 Å². The summed E-state index contributed by atoms with van der Waals surface area (Å²) in [5, 5.41) is 2.72. The van der Waals surface area contributed by atoms with Crippen LogP contribution in [-0.4, -0.2) is 22.5 Å². The highest BCUT2D eigenvalue weighted by atomic mass is 32.1. The topological polar surface area (TPSA) is 81.3 Å². The normalized spacial score (nSPS) is 12.2. The third-order valence-corrected chi connectivity index (χ3v) is 5.93. The Balaban J connectivity index is 1.43. The van der Waals surface area contributed by atoms with E-state index in [1.807, 2.05) is 56.3 Å². The number of nitrogens with one attached hydrogen (secondary N) is 1. The number of H-pyrrole nitrogens is 1. The second-order valence-corrected chi connectivity index (χ2v) is 8.05. The van der Waals surface area contributed by atoms with Crippen LogP contribution in [0.15, 0.2) is 47.3 Å². The molecule has 0 amide bonds. The molecule has 4 rings (SSSR count). The Bertz CT molecular complexity index is 1280. The van der Waals surface area contributed by atoms with Gasteiger partial charge in [-0.05, 0) is 49.2 Å². The molecule has 4 aromatic rings. The number of rotatable bonds is 5. The van der Waals surface area contributed by atoms with Gasteiger partial charge in [-0.25, -0.2) is 9.78 Å². The number of carbonyl (C=O) groups is 1. The van der Waals surface area contributed by atoms with Gasteiger partial charge >= 0.3 is 5.97 Å². The van der Waals surface area contributed by atoms with Gasteiger partial charge in [-0.15, -0.1) is 11.3 Å². The van der Waals surface area contributed by atoms with E-state index in [0.29, 0.717) is 21.8 Å². The Morgan fingerprint density at radius 2 is 1.93 bits per heavy atom. The number of benzene rings is 2. The molecule has 0 aliphatic carbocycles. The van der Waals surface area contributed by atoms with E-state index in [9.17, 15) is 9.59 Å². The Hall–Kier alpha value is -3.19. The quantitative estimate of drug-likeness (QED) is 0.494. The van der Waals surface area contributed by atoms with E-state index in [2.05, 4.69) is 9.97 Å². The van der Waals surface area contributed by atoms with Crippen LogP contribution in [0, 0.1) is 13.8 Å². The molecule has 6 nitrogen and oxygen atoms in total. The van der Waals surface area contributed by atoms with Crippen LogP contribution in [0.25, 0.3) is 21.0 Å². The number of nitrogens with zero attached hydrogens (tertiary/aromatic N) is 1. The maximum absolute atomic E-state index is 12.4. The zero-order valence-corrected chi connectivity index (χ0v) is 17.1. The molecule has 0 saturated carbocycles. The van der Waals surface area contributed by atoms with Gasteiger partial charge in [0.05, 0.1) is 5.39 Å². The minimum Gasteiger partial charge on any atom is -0.482 e. The van der Waals surface area contributed by atoms with Crippen LogP contribution in [-0.2, 0) is 9.53 Å². The Kier molecular flexibility index (Phi) is 5.07. The first-order valence-electron chi connectivity index (χ1n) is 9.23. The Labute approximate surface area is 171 Å². The van der Waals surface area contributed by atoms with Crippen LogP contribution in [0.1, 0.15) is 29.3 Å². The van der Waals surface area contributed by atoms with Crippen LogP contribution < -0.4 is 10.3 Å². The lowest BCUT2D eigenvalue weighted by Gasteiger charge is -2.13. The van der Waals surface area contributed by atoms with Crippen LogP contribution in [0.2, 0.25) is 0 Å². The van der Waals surface area contributed by atoms with Crippen molar-refractivity contribution in [3.63, 3.8) is 0 Å². The molecule has 7 heteroatoms. The van der Waals surface area contributed by atoms with Crippen LogP contribution in [0.4, 0.5) is 0 Å². The Morgan fingerprint density at radius 3 is 2.72 bits per heavy atom. The molecule has 0 bridgehead atoms. The molecule has 0 radical (unpaired) electrons. The number of carbonyl (C=O) groups excluding carboxylic acids is 1. The average Bonchev–Trinajstić information content (AvgIpc) is 3.00. The maximum atomic E-state index is 12.4. The second-order valence-electron chi connectivity index (χ2n) is 6.84. The van der Waals surface area contributed by atoms with Crippen molar-refractivity contribution in [2.24, 2.45) is 0 Å². The van der Waals surface area contributed by atoms with Crippen molar-refractivity contribution in [2.75, 3.05) is 6.61 Å². The summed E-state index contributed by atoms with van der Waals surface area (Å²) in [4.78, 5) is 33.5. The van der Waals surface area contributed by atoms with Gasteiger partial charge in [-0.1, -0.05) is 30.3 Å². The van der Waals surface area contributed by atoms with Crippen molar-refractivity contribution in [2.45, 2.75) is 26.9 Å². The fourth-order valence-electron chi connectivity index (χ4n) is 3.15. The van der Waals surface area contributed by atoms with Gasteiger partial charge in [0.1, 0.15) is 10.6 Å². The van der Waals surface area contributed by atoms with E-state index in [-0.39, 0.29) is 12.2 Å². The largest absolute Gasteiger partial charge is 0.482 e. The third kappa shape index (κ3) is 3.86. The molecule has 0 aliphatic heterocycles. The van der Waals surface area contributed by atoms with Gasteiger partial charge < -0.3 is 14.5 Å². The van der Waals surface area contributed by atoms with E-state index in [1.54, 1.807) is 6.92 Å². The molecule has 29 heavy (non-hydrogen) atoms. The molecule has 1 atom stereocenters. The number of esters is 1. The lowest BCUT2D eigenvalue weighted by atomic mass is 10.1. The van der Waals surface area contributed by atoms with Gasteiger partial charge in [-0.2, -0.15) is 0 Å². The number of hydrogen-bond donors (Lipinski definition) is 1. The highest BCUT2D eigenvalue weighted by Gasteiger charge is 2.18. The first-order valence-corrected chi connectivity index (χ1v) is 10.0. The van der Waals surface area contributed by atoms with Gasteiger partial charge in [0.2, 0.25) is 0 Å². The zero-order chi connectivity index (χ0) is 20.5. The molecule has 148 valence electrons. The van der Waals surface area contributed by atoms with Crippen molar-refractivity contribution in [3.05, 3.63) is 69.1 Å². The number of aromatic amines is 1. The van der Waals surface area contributed by atoms with Crippen molar-refractivity contribution in [1.29, 1.82) is 0 Å². The first kappa shape index (κ1) is 19.1. The maximum Gasteiger partial charge on any atom is 0.344 e. The van der Waals surface area contributed by atoms with Crippen LogP contribution in [0.3, 0.4) is 0 Å². The molecular weight excluding hydrogens is 388 g/mol. The summed E-state index contributed by atoms with van der Waals surface area (Å²) in [7, 11) is 0. The summed E-state index contributed by atoms with van der Waals surface area (Å²) in [5.74, 6) is 0.376. The second kappa shape index (κ2) is 7.67. The average molecular weight is 408 g/mol. The summed E-state index contributed by atoms with van der Waals surface area (Å²) < 4.78 is 11.0. The standard InChI is InChI=1S/C22H20N2O4S/c1-12-14(3)29-22-19(12)21(26)23-20(24-22)13(2)28-18(25)11-27-17-9-8-15-6-4-5-7-16(15)10-17/h4-10,13H,11H2,1-3H3,(H,23,24,26)/t13-/m0/s1. The number of ether oxygens (including phenoxy) is 2. The first-order chi connectivity index (χ1) is 13.9. The van der Waals surface area contributed by atoms with Gasteiger partial charge in [0, 0.05) is 4.88 Å². The van der Waals surface area contributed by atoms with E-state index >= 15 is 0 Å². The minimum atomic E-state index is -0.692. The predicted molar refractivity (Wildman–Crippen MR) is 114 cm³/mol. The molecular formula is C22H20N2O4S. The lowest BCUT2D eigenvalue weighted by molar-refractivity contribution is -0.151. The molecule has 2 aromatic carbocycles. The molecule has 0 fully saturated rings. The highest BCUT2D eigenvalue weighted by Crippen LogP contribution is 2.27. The number of thiophene rings is 1. The summed E-state index contributed by atoms with van der Waals surface area (Å²) in [6.07, 6.45) is -0.692. The molecule has 1 N–H and O–H groups in total. The van der Waals surface area contributed by atoms with E-state index in [4.69, 9.17) is 9.47 Å². The summed E-state index contributed by atoms with van der Waals surface area (Å²) in [6, 6.07) is 13.5. The minimum absolute atomic E-state index is 0.220. The van der Waals surface area contributed by atoms with Crippen molar-refractivity contribution in [1.82, 2.24) is 9.97 Å². The summed E-state index contributed by atoms with van der Waals surface area (Å²) >= 11 is 1.46. The number of hydrogen-bond acceptors (Lipinski definition) is 6. The fraction of sp³-hybridized carbons (Fsp3) is 0.227. The number of fused-ring (bicyclic) bond motifs is 2. The monoisotopic (exact) mass is 408 g/mol. The van der Waals surface area contributed by atoms with Gasteiger partial charge in [-0.3, -0.25) is 4.79 Å². The number of aryl methyl sites for hydroxylation is 2. The molecule has 0 aliphatic rings. The van der Waals surface area contributed by atoms with E-state index < -0.39 is 12.1 Å². The molecule has 0 saturated heterocycles. The molecule has 0 unspecified atom stereocenters. The van der Waals surface area contributed by atoms with Gasteiger partial charge in [0.25, 0.3) is 5.56 Å². The Morgan fingerprint density at radius 1 is 1.17 bits per heavy atom. The molecule has 0 spiro atoms. The lowest BCUT2D eigenvalue weighted by Crippen LogP contribution is -2.20. The van der Waals surface area contributed by atoms with E-state index in [0.717, 1.165) is 21.2 Å². The smallest absolute Gasteiger partial charge is 0.344 e. The van der Waals surface area contributed by atoms with Crippen molar-refractivity contribution < 1.29 is 14.3 Å². The van der Waals surface area contributed by atoms with E-state index in [1.165, 1.54) is 11.3 Å². The predicted octanol–water partition coefficient (Wildman–Crippen LogP) is 4.44. The highest BCUT2D eigenvalue weighted by molar-refractivity contribution is 7.18. The fourth-order valence-corrected chi connectivity index (χ4v) is 4.19. The summed E-state index contributed by atoms with van der Waals surface area (Å²) in [5.41, 5.74) is 0.709. The molecule has 2 aromatic heterocycles. The summed E-state index contributed by atoms with van der Waals surface area (Å²) in [6.45, 7) is 5.30.